The molecule has 0 aliphatic rings. The molecule has 2 N–H and O–H groups in total. The topological polar surface area (TPSA) is 59.6 Å². The van der Waals surface area contributed by atoms with Crippen molar-refractivity contribution in [3.8, 4) is 11.5 Å². The van der Waals surface area contributed by atoms with Crippen LogP contribution in [0.2, 0.25) is 0 Å². The number of hydrogen-bond acceptors (Lipinski definition) is 4. The molecule has 3 aromatic rings. The molecule has 5 nitrogen and oxygen atoms in total. The van der Waals surface area contributed by atoms with Crippen molar-refractivity contribution in [3.05, 3.63) is 83.9 Å². The number of benzene rings is 3. The molecule has 0 aliphatic carbocycles. The third kappa shape index (κ3) is 5.04. The lowest BCUT2D eigenvalue weighted by molar-refractivity contribution is 0.102. The van der Waals surface area contributed by atoms with Gasteiger partial charge in [0, 0.05) is 23.5 Å². The van der Waals surface area contributed by atoms with E-state index in [2.05, 4.69) is 10.6 Å². The summed E-state index contributed by atoms with van der Waals surface area (Å²) in [5.41, 5.74) is 3.56. The monoisotopic (exact) mass is 376 g/mol. The van der Waals surface area contributed by atoms with Gasteiger partial charge in [0.05, 0.1) is 14.2 Å². The fourth-order valence-corrected chi connectivity index (χ4v) is 2.85. The number of nitrogens with one attached hydrogen (secondary N) is 2. The molecule has 0 unspecified atom stereocenters. The second kappa shape index (κ2) is 9.46. The zero-order chi connectivity index (χ0) is 19.8. The molecule has 1 amide bonds. The molecule has 0 aliphatic heterocycles. The number of methoxy groups -OCH3 is 2. The van der Waals surface area contributed by atoms with Gasteiger partial charge in [0.1, 0.15) is 0 Å². The van der Waals surface area contributed by atoms with E-state index in [9.17, 15) is 4.79 Å². The average Bonchev–Trinajstić information content (AvgIpc) is 2.75. The molecule has 5 heteroatoms. The third-order valence-electron chi connectivity index (χ3n) is 4.37. The first-order chi connectivity index (χ1) is 13.7. The van der Waals surface area contributed by atoms with E-state index in [-0.39, 0.29) is 5.91 Å². The van der Waals surface area contributed by atoms with Crippen LogP contribution >= 0.6 is 0 Å². The van der Waals surface area contributed by atoms with Gasteiger partial charge in [0.2, 0.25) is 0 Å². The van der Waals surface area contributed by atoms with Crippen LogP contribution in [0, 0.1) is 0 Å². The SMILES string of the molecule is COc1ccc(CCNc2ccc(NC(=O)c3ccccc3)cc2)cc1OC. The lowest BCUT2D eigenvalue weighted by Gasteiger charge is -2.11. The number of ether oxygens (including phenoxy) is 2. The van der Waals surface area contributed by atoms with Gasteiger partial charge >= 0.3 is 0 Å². The number of hydrogen-bond donors (Lipinski definition) is 2. The Balaban J connectivity index is 1.51. The fourth-order valence-electron chi connectivity index (χ4n) is 2.85. The second-order valence-electron chi connectivity index (χ2n) is 6.26. The van der Waals surface area contributed by atoms with Crippen LogP contribution in [-0.4, -0.2) is 26.7 Å². The molecule has 0 atom stereocenters. The smallest absolute Gasteiger partial charge is 0.255 e. The largest absolute Gasteiger partial charge is 0.493 e. The highest BCUT2D eigenvalue weighted by Gasteiger charge is 2.06. The van der Waals surface area contributed by atoms with Crippen LogP contribution in [0.1, 0.15) is 15.9 Å². The summed E-state index contributed by atoms with van der Waals surface area (Å²) in [5, 5.41) is 6.29. The van der Waals surface area contributed by atoms with Crippen molar-refractivity contribution in [1.82, 2.24) is 0 Å². The van der Waals surface area contributed by atoms with Crippen LogP contribution in [-0.2, 0) is 6.42 Å². The Morgan fingerprint density at radius 1 is 0.821 bits per heavy atom. The van der Waals surface area contributed by atoms with Crippen molar-refractivity contribution in [2.45, 2.75) is 6.42 Å². The molecule has 3 aromatic carbocycles. The number of carbonyl (C=O) groups excluding carboxylic acids is 1. The summed E-state index contributed by atoms with van der Waals surface area (Å²) in [4.78, 5) is 12.2. The molecule has 0 saturated carbocycles. The van der Waals surface area contributed by atoms with E-state index in [1.165, 1.54) is 0 Å². The van der Waals surface area contributed by atoms with Gasteiger partial charge in [0.15, 0.2) is 11.5 Å². The first-order valence-corrected chi connectivity index (χ1v) is 9.11. The molecule has 0 saturated heterocycles. The van der Waals surface area contributed by atoms with Gasteiger partial charge in [-0.05, 0) is 60.5 Å². The molecule has 0 radical (unpaired) electrons. The highest BCUT2D eigenvalue weighted by molar-refractivity contribution is 6.04. The van der Waals surface area contributed by atoms with Crippen LogP contribution in [0.15, 0.2) is 72.8 Å². The Morgan fingerprint density at radius 3 is 2.18 bits per heavy atom. The Labute approximate surface area is 165 Å². The van der Waals surface area contributed by atoms with E-state index >= 15 is 0 Å². The summed E-state index contributed by atoms with van der Waals surface area (Å²) in [5.74, 6) is 1.35. The van der Waals surface area contributed by atoms with Crippen molar-refractivity contribution < 1.29 is 14.3 Å². The van der Waals surface area contributed by atoms with Crippen LogP contribution < -0.4 is 20.1 Å². The molecule has 0 spiro atoms. The van der Waals surface area contributed by atoms with E-state index in [0.29, 0.717) is 5.56 Å². The molecule has 0 fully saturated rings. The van der Waals surface area contributed by atoms with Crippen LogP contribution in [0.25, 0.3) is 0 Å². The molecular formula is C23H24N2O3. The van der Waals surface area contributed by atoms with Crippen molar-refractivity contribution in [2.24, 2.45) is 0 Å². The summed E-state index contributed by atoms with van der Waals surface area (Å²) in [6, 6.07) is 22.8. The minimum Gasteiger partial charge on any atom is -0.493 e. The number of carbonyl (C=O) groups is 1. The van der Waals surface area contributed by atoms with Crippen LogP contribution in [0.3, 0.4) is 0 Å². The third-order valence-corrected chi connectivity index (χ3v) is 4.37. The Hall–Kier alpha value is -3.47. The molecule has 0 heterocycles. The Kier molecular flexibility index (Phi) is 6.52. The fraction of sp³-hybridized carbons (Fsp3) is 0.174. The van der Waals surface area contributed by atoms with Gasteiger partial charge in [0.25, 0.3) is 5.91 Å². The van der Waals surface area contributed by atoms with Gasteiger partial charge in [-0.3, -0.25) is 4.79 Å². The van der Waals surface area contributed by atoms with E-state index in [1.54, 1.807) is 26.4 Å². The summed E-state index contributed by atoms with van der Waals surface area (Å²) in [6.45, 7) is 0.783. The standard InChI is InChI=1S/C23H24N2O3/c1-27-21-13-8-17(16-22(21)28-2)14-15-24-19-9-11-20(12-10-19)25-23(26)18-6-4-3-5-7-18/h3-13,16,24H,14-15H2,1-2H3,(H,25,26). The van der Waals surface area contributed by atoms with Gasteiger partial charge in [-0.25, -0.2) is 0 Å². The quantitative estimate of drug-likeness (QED) is 0.603. The second-order valence-corrected chi connectivity index (χ2v) is 6.26. The van der Waals surface area contributed by atoms with Crippen molar-refractivity contribution in [3.63, 3.8) is 0 Å². The van der Waals surface area contributed by atoms with Gasteiger partial charge in [-0.1, -0.05) is 24.3 Å². The van der Waals surface area contributed by atoms with Crippen LogP contribution in [0.5, 0.6) is 11.5 Å². The normalized spacial score (nSPS) is 10.2. The summed E-state index contributed by atoms with van der Waals surface area (Å²) < 4.78 is 10.6. The molecule has 28 heavy (non-hydrogen) atoms. The molecular weight excluding hydrogens is 352 g/mol. The molecule has 0 aromatic heterocycles. The van der Waals surface area contributed by atoms with Crippen molar-refractivity contribution in [2.75, 3.05) is 31.4 Å². The Bertz CT molecular complexity index is 909. The number of anilines is 2. The lowest BCUT2D eigenvalue weighted by atomic mass is 10.1. The number of amides is 1. The highest BCUT2D eigenvalue weighted by Crippen LogP contribution is 2.27. The molecule has 0 bridgehead atoms. The summed E-state index contributed by atoms with van der Waals surface area (Å²) >= 11 is 0. The van der Waals surface area contributed by atoms with Crippen molar-refractivity contribution in [1.29, 1.82) is 0 Å². The van der Waals surface area contributed by atoms with Crippen molar-refractivity contribution >= 4 is 17.3 Å². The lowest BCUT2D eigenvalue weighted by Crippen LogP contribution is -2.11. The minimum atomic E-state index is -0.116. The van der Waals surface area contributed by atoms with E-state index < -0.39 is 0 Å². The highest BCUT2D eigenvalue weighted by atomic mass is 16.5. The predicted molar refractivity (Wildman–Crippen MR) is 113 cm³/mol. The van der Waals surface area contributed by atoms with Gasteiger partial charge in [-0.15, -0.1) is 0 Å². The minimum absolute atomic E-state index is 0.116. The van der Waals surface area contributed by atoms with Crippen LogP contribution in [0.4, 0.5) is 11.4 Å². The summed E-state index contributed by atoms with van der Waals surface area (Å²) in [6.07, 6.45) is 0.854. The van der Waals surface area contributed by atoms with E-state index in [4.69, 9.17) is 9.47 Å². The zero-order valence-electron chi connectivity index (χ0n) is 16.1. The van der Waals surface area contributed by atoms with E-state index in [0.717, 1.165) is 41.4 Å². The first-order valence-electron chi connectivity index (χ1n) is 9.11. The maximum absolute atomic E-state index is 12.2. The molecule has 3 rings (SSSR count). The average molecular weight is 376 g/mol. The number of rotatable bonds is 8. The van der Waals surface area contributed by atoms with E-state index in [1.807, 2.05) is 60.7 Å². The van der Waals surface area contributed by atoms with Gasteiger partial charge in [-0.2, -0.15) is 0 Å². The molecule has 144 valence electrons. The zero-order valence-corrected chi connectivity index (χ0v) is 16.1. The first kappa shape index (κ1) is 19.3. The maximum Gasteiger partial charge on any atom is 0.255 e. The summed E-state index contributed by atoms with van der Waals surface area (Å²) in [7, 11) is 3.27. The predicted octanol–water partition coefficient (Wildman–Crippen LogP) is 4.61. The maximum atomic E-state index is 12.2. The van der Waals surface area contributed by atoms with Gasteiger partial charge < -0.3 is 20.1 Å². The Morgan fingerprint density at radius 2 is 1.50 bits per heavy atom.